The van der Waals surface area contributed by atoms with Crippen molar-refractivity contribution >= 4 is 40.7 Å². The molecule has 0 saturated carbocycles. The van der Waals surface area contributed by atoms with Gasteiger partial charge in [-0.25, -0.2) is 4.79 Å². The molecule has 0 spiro atoms. The van der Waals surface area contributed by atoms with Crippen molar-refractivity contribution in [2.45, 2.75) is 0 Å². The maximum atomic E-state index is 13.0. The van der Waals surface area contributed by atoms with Gasteiger partial charge in [-0.3, -0.25) is 4.79 Å². The number of likely N-dealkylation sites (N-methyl/N-ethyl adjacent to an activating group) is 1. The Hall–Kier alpha value is -3.61. The van der Waals surface area contributed by atoms with Crippen LogP contribution in [0.1, 0.15) is 10.4 Å². The molecule has 1 aliphatic rings. The second kappa shape index (κ2) is 10.1. The van der Waals surface area contributed by atoms with Gasteiger partial charge in [-0.2, -0.15) is 0 Å². The number of fused-ring (bicyclic) bond motifs is 1. The number of nitrogens with zero attached hydrogens (tertiary/aromatic N) is 2. The molecule has 1 N–H and O–H groups in total. The molecule has 4 aromatic rings. The number of rotatable bonds is 4. The number of nitrogens with one attached hydrogen (secondary N) is 1. The fourth-order valence-electron chi connectivity index (χ4n) is 4.16. The van der Waals surface area contributed by atoms with Gasteiger partial charge in [0.1, 0.15) is 5.58 Å². The van der Waals surface area contributed by atoms with Crippen LogP contribution in [0.3, 0.4) is 0 Å². The summed E-state index contributed by atoms with van der Waals surface area (Å²) in [7, 11) is 2.12. The fraction of sp³-hybridized carbons (Fsp3) is 0.185. The summed E-state index contributed by atoms with van der Waals surface area (Å²) in [4.78, 5) is 30.0. The lowest BCUT2D eigenvalue weighted by molar-refractivity contribution is 0.102. The van der Waals surface area contributed by atoms with Crippen LogP contribution in [0.5, 0.6) is 0 Å². The predicted molar refractivity (Wildman–Crippen MR) is 139 cm³/mol. The largest absolute Gasteiger partial charge is 0.422 e. The topological polar surface area (TPSA) is 65.8 Å². The Morgan fingerprint density at radius 3 is 2.32 bits per heavy atom. The molecule has 6 nitrogen and oxygen atoms in total. The van der Waals surface area contributed by atoms with E-state index in [2.05, 4.69) is 22.2 Å². The SMILES string of the molecule is CN1CCN(c2ccccc2NC(=O)c2ccc(-c3cc4ccccc4oc3=O)cc2)CC1.Cl. The van der Waals surface area contributed by atoms with Crippen molar-refractivity contribution in [1.82, 2.24) is 4.90 Å². The van der Waals surface area contributed by atoms with Crippen molar-refractivity contribution < 1.29 is 9.21 Å². The van der Waals surface area contributed by atoms with Gasteiger partial charge in [0.2, 0.25) is 0 Å². The molecule has 1 amide bonds. The van der Waals surface area contributed by atoms with Crippen LogP contribution in [0.2, 0.25) is 0 Å². The van der Waals surface area contributed by atoms with Gasteiger partial charge < -0.3 is 19.5 Å². The molecule has 0 bridgehead atoms. The van der Waals surface area contributed by atoms with Gasteiger partial charge in [-0.15, -0.1) is 12.4 Å². The Labute approximate surface area is 204 Å². The van der Waals surface area contributed by atoms with E-state index in [1.54, 1.807) is 30.3 Å². The van der Waals surface area contributed by atoms with Crippen LogP contribution in [-0.4, -0.2) is 44.0 Å². The van der Waals surface area contributed by atoms with Crippen LogP contribution in [0, 0.1) is 0 Å². The summed E-state index contributed by atoms with van der Waals surface area (Å²) < 4.78 is 5.44. The van der Waals surface area contributed by atoms with E-state index in [0.29, 0.717) is 22.3 Å². The number of para-hydroxylation sites is 3. The lowest BCUT2D eigenvalue weighted by atomic mass is 10.0. The van der Waals surface area contributed by atoms with E-state index in [0.717, 1.165) is 42.9 Å². The minimum absolute atomic E-state index is 0. The number of carbonyl (C=O) groups is 1. The second-order valence-electron chi connectivity index (χ2n) is 8.32. The average Bonchev–Trinajstić information content (AvgIpc) is 2.85. The Bertz CT molecular complexity index is 1360. The molecule has 34 heavy (non-hydrogen) atoms. The number of amides is 1. The van der Waals surface area contributed by atoms with Crippen molar-refractivity contribution in [1.29, 1.82) is 0 Å². The zero-order chi connectivity index (χ0) is 22.8. The molecule has 2 heterocycles. The highest BCUT2D eigenvalue weighted by Crippen LogP contribution is 2.27. The van der Waals surface area contributed by atoms with Crippen LogP contribution in [0.4, 0.5) is 11.4 Å². The number of hydrogen-bond donors (Lipinski definition) is 1. The lowest BCUT2D eigenvalue weighted by Gasteiger charge is -2.35. The first-order chi connectivity index (χ1) is 16.1. The van der Waals surface area contributed by atoms with Gasteiger partial charge in [-0.05, 0) is 49.0 Å². The molecule has 174 valence electrons. The highest BCUT2D eigenvalue weighted by molar-refractivity contribution is 6.06. The Balaban J connectivity index is 0.00000274. The summed E-state index contributed by atoms with van der Waals surface area (Å²) in [6.45, 7) is 3.83. The molecule has 3 aromatic carbocycles. The maximum absolute atomic E-state index is 13.0. The minimum Gasteiger partial charge on any atom is -0.422 e. The highest BCUT2D eigenvalue weighted by Gasteiger charge is 2.18. The number of carbonyl (C=O) groups excluding carboxylic acids is 1. The molecule has 1 fully saturated rings. The Kier molecular flexibility index (Phi) is 7.01. The Morgan fingerprint density at radius 1 is 0.882 bits per heavy atom. The first-order valence-electron chi connectivity index (χ1n) is 11.1. The molecule has 1 aliphatic heterocycles. The van der Waals surface area contributed by atoms with Crippen molar-refractivity contribution in [2.24, 2.45) is 0 Å². The summed E-state index contributed by atoms with van der Waals surface area (Å²) in [5.41, 5.74) is 3.70. The summed E-state index contributed by atoms with van der Waals surface area (Å²) >= 11 is 0. The zero-order valence-corrected chi connectivity index (χ0v) is 19.7. The molecule has 1 saturated heterocycles. The third kappa shape index (κ3) is 4.83. The van der Waals surface area contributed by atoms with E-state index in [-0.39, 0.29) is 18.3 Å². The van der Waals surface area contributed by atoms with Crippen LogP contribution >= 0.6 is 12.4 Å². The van der Waals surface area contributed by atoms with E-state index in [1.807, 2.05) is 48.5 Å². The molecule has 1 aromatic heterocycles. The van der Waals surface area contributed by atoms with Gasteiger partial charge in [0.15, 0.2) is 0 Å². The zero-order valence-electron chi connectivity index (χ0n) is 18.9. The average molecular weight is 476 g/mol. The summed E-state index contributed by atoms with van der Waals surface area (Å²) in [6, 6.07) is 24.2. The number of hydrogen-bond acceptors (Lipinski definition) is 5. The molecule has 0 radical (unpaired) electrons. The molecular formula is C27H26ClN3O3. The van der Waals surface area contributed by atoms with Gasteiger partial charge in [0, 0.05) is 37.1 Å². The smallest absolute Gasteiger partial charge is 0.344 e. The molecule has 7 heteroatoms. The van der Waals surface area contributed by atoms with E-state index in [1.165, 1.54) is 0 Å². The van der Waals surface area contributed by atoms with Crippen molar-refractivity contribution in [2.75, 3.05) is 43.4 Å². The summed E-state index contributed by atoms with van der Waals surface area (Å²) in [5, 5.41) is 3.91. The molecule has 0 unspecified atom stereocenters. The minimum atomic E-state index is -0.396. The van der Waals surface area contributed by atoms with E-state index in [9.17, 15) is 9.59 Å². The standard InChI is InChI=1S/C27H25N3O3.ClH/c1-29-14-16-30(17-15-29)24-8-4-3-7-23(24)28-26(31)20-12-10-19(11-13-20)22-18-21-6-2-5-9-25(21)33-27(22)32;/h2-13,18H,14-17H2,1H3,(H,28,31);1H. The number of anilines is 2. The third-order valence-electron chi connectivity index (χ3n) is 6.10. The van der Waals surface area contributed by atoms with Crippen molar-refractivity contribution in [3.63, 3.8) is 0 Å². The number of benzene rings is 3. The van der Waals surface area contributed by atoms with Gasteiger partial charge in [0.05, 0.1) is 16.9 Å². The highest BCUT2D eigenvalue weighted by atomic mass is 35.5. The molecule has 0 aliphatic carbocycles. The van der Waals surface area contributed by atoms with Crippen molar-refractivity contribution in [3.8, 4) is 11.1 Å². The van der Waals surface area contributed by atoms with Crippen molar-refractivity contribution in [3.05, 3.63) is 94.8 Å². The van der Waals surface area contributed by atoms with E-state index >= 15 is 0 Å². The second-order valence-corrected chi connectivity index (χ2v) is 8.32. The maximum Gasteiger partial charge on any atom is 0.344 e. The monoisotopic (exact) mass is 475 g/mol. The molecular weight excluding hydrogens is 450 g/mol. The van der Waals surface area contributed by atoms with Crippen LogP contribution in [-0.2, 0) is 0 Å². The number of halogens is 1. The number of piperazine rings is 1. The predicted octanol–water partition coefficient (Wildman–Crippen LogP) is 4.89. The van der Waals surface area contributed by atoms with Gasteiger partial charge >= 0.3 is 5.63 Å². The van der Waals surface area contributed by atoms with Crippen LogP contribution in [0.25, 0.3) is 22.1 Å². The molecule has 0 atom stereocenters. The lowest BCUT2D eigenvalue weighted by Crippen LogP contribution is -2.44. The summed E-state index contributed by atoms with van der Waals surface area (Å²) in [6.07, 6.45) is 0. The van der Waals surface area contributed by atoms with Crippen LogP contribution in [0.15, 0.2) is 88.1 Å². The first-order valence-corrected chi connectivity index (χ1v) is 11.1. The third-order valence-corrected chi connectivity index (χ3v) is 6.10. The van der Waals surface area contributed by atoms with Crippen LogP contribution < -0.4 is 15.8 Å². The van der Waals surface area contributed by atoms with Gasteiger partial charge in [0.25, 0.3) is 5.91 Å². The molecule has 5 rings (SSSR count). The fourth-order valence-corrected chi connectivity index (χ4v) is 4.16. The Morgan fingerprint density at radius 2 is 1.56 bits per heavy atom. The van der Waals surface area contributed by atoms with E-state index < -0.39 is 5.63 Å². The summed E-state index contributed by atoms with van der Waals surface area (Å²) in [5.74, 6) is -0.186. The van der Waals surface area contributed by atoms with Gasteiger partial charge in [-0.1, -0.05) is 42.5 Å². The first kappa shape index (κ1) is 23.5. The normalized spacial score (nSPS) is 14.0. The van der Waals surface area contributed by atoms with E-state index in [4.69, 9.17) is 4.42 Å². The quantitative estimate of drug-likeness (QED) is 0.426.